The number of aromatic nitrogens is 1. The summed E-state index contributed by atoms with van der Waals surface area (Å²) in [5.74, 6) is 1.13. The van der Waals surface area contributed by atoms with Crippen LogP contribution in [0.25, 0.3) is 0 Å². The molecule has 150 valence electrons. The van der Waals surface area contributed by atoms with Gasteiger partial charge in [-0.25, -0.2) is 14.2 Å². The van der Waals surface area contributed by atoms with Gasteiger partial charge in [-0.2, -0.15) is 0 Å². The van der Waals surface area contributed by atoms with Gasteiger partial charge in [0.2, 0.25) is 0 Å². The number of anilines is 3. The predicted octanol–water partition coefficient (Wildman–Crippen LogP) is 5.15. The summed E-state index contributed by atoms with van der Waals surface area (Å²) in [7, 11) is 0. The molecule has 0 saturated heterocycles. The first kappa shape index (κ1) is 20.1. The van der Waals surface area contributed by atoms with E-state index in [4.69, 9.17) is 10.5 Å². The summed E-state index contributed by atoms with van der Waals surface area (Å²) < 4.78 is 18.4. The second-order valence-electron chi connectivity index (χ2n) is 6.82. The van der Waals surface area contributed by atoms with Gasteiger partial charge < -0.3 is 15.8 Å². The zero-order chi connectivity index (χ0) is 20.8. The molecule has 4 N–H and O–H groups in total. The van der Waals surface area contributed by atoms with Crippen LogP contribution in [0.1, 0.15) is 30.9 Å². The Morgan fingerprint density at radius 1 is 1.10 bits per heavy atom. The molecule has 0 bridgehead atoms. The Balaban J connectivity index is 1.61. The normalized spacial score (nSPS) is 10.6. The van der Waals surface area contributed by atoms with Crippen LogP contribution in [-0.4, -0.2) is 11.1 Å². The van der Waals surface area contributed by atoms with Gasteiger partial charge >= 0.3 is 6.09 Å². The van der Waals surface area contributed by atoms with Gasteiger partial charge in [0.25, 0.3) is 0 Å². The van der Waals surface area contributed by atoms with E-state index < -0.39 is 6.09 Å². The minimum Gasteiger partial charge on any atom is -0.410 e. The molecule has 0 aliphatic rings. The summed E-state index contributed by atoms with van der Waals surface area (Å²) >= 11 is 0. The largest absolute Gasteiger partial charge is 0.417 e. The molecule has 0 aliphatic heterocycles. The third kappa shape index (κ3) is 5.44. The van der Waals surface area contributed by atoms with E-state index in [1.54, 1.807) is 30.3 Å². The highest BCUT2D eigenvalue weighted by atomic mass is 19.1. The number of hydrogen-bond donors (Lipinski definition) is 3. The number of amides is 1. The molecule has 2 aromatic carbocycles. The van der Waals surface area contributed by atoms with Crippen LogP contribution in [0, 0.1) is 5.82 Å². The molecule has 1 amide bonds. The minimum absolute atomic E-state index is 0.156. The number of halogens is 1. The number of nitrogens with zero attached hydrogens (tertiary/aromatic N) is 1. The second-order valence-corrected chi connectivity index (χ2v) is 6.82. The van der Waals surface area contributed by atoms with Crippen LogP contribution in [0.3, 0.4) is 0 Å². The molecule has 29 heavy (non-hydrogen) atoms. The average molecular weight is 394 g/mol. The van der Waals surface area contributed by atoms with Crippen molar-refractivity contribution in [2.75, 3.05) is 16.4 Å². The fraction of sp³-hybridized carbons (Fsp3) is 0.182. The molecule has 1 heterocycles. The van der Waals surface area contributed by atoms with Crippen molar-refractivity contribution in [2.45, 2.75) is 26.3 Å². The zero-order valence-electron chi connectivity index (χ0n) is 16.3. The minimum atomic E-state index is -0.640. The summed E-state index contributed by atoms with van der Waals surface area (Å²) in [6, 6.07) is 16.9. The Bertz CT molecular complexity index is 990. The van der Waals surface area contributed by atoms with E-state index in [1.165, 1.54) is 12.1 Å². The van der Waals surface area contributed by atoms with Gasteiger partial charge in [-0.15, -0.1) is 0 Å². The molecule has 0 aliphatic carbocycles. The summed E-state index contributed by atoms with van der Waals surface area (Å²) in [5, 5.41) is 5.72. The van der Waals surface area contributed by atoms with E-state index in [0.29, 0.717) is 23.8 Å². The molecule has 6 nitrogen and oxygen atoms in total. The van der Waals surface area contributed by atoms with Crippen LogP contribution < -0.4 is 21.1 Å². The maximum atomic E-state index is 13.0. The smallest absolute Gasteiger partial charge is 0.410 e. The quantitative estimate of drug-likeness (QED) is 0.538. The van der Waals surface area contributed by atoms with Crippen LogP contribution in [0.5, 0.6) is 5.75 Å². The van der Waals surface area contributed by atoms with Gasteiger partial charge in [-0.1, -0.05) is 44.2 Å². The highest BCUT2D eigenvalue weighted by Gasteiger charge is 2.13. The van der Waals surface area contributed by atoms with Crippen molar-refractivity contribution in [1.82, 2.24) is 4.98 Å². The molecule has 1 aromatic heterocycles. The number of carbonyl (C=O) groups is 1. The van der Waals surface area contributed by atoms with E-state index in [1.807, 2.05) is 32.0 Å². The van der Waals surface area contributed by atoms with Crippen molar-refractivity contribution >= 4 is 23.4 Å². The van der Waals surface area contributed by atoms with Crippen molar-refractivity contribution in [3.8, 4) is 5.75 Å². The van der Waals surface area contributed by atoms with Crippen LogP contribution in [0.4, 0.5) is 26.5 Å². The number of carbonyl (C=O) groups excluding carboxylic acids is 1. The maximum Gasteiger partial charge on any atom is 0.417 e. The van der Waals surface area contributed by atoms with Crippen LogP contribution in [-0.2, 0) is 6.54 Å². The second kappa shape index (κ2) is 9.05. The fourth-order valence-corrected chi connectivity index (χ4v) is 2.76. The number of nitrogens with two attached hydrogens (primary N) is 1. The third-order valence-corrected chi connectivity index (χ3v) is 4.29. The molecule has 7 heteroatoms. The average Bonchev–Trinajstić information content (AvgIpc) is 2.69. The lowest BCUT2D eigenvalue weighted by Crippen LogP contribution is -2.19. The first-order chi connectivity index (χ1) is 13.9. The van der Waals surface area contributed by atoms with Crippen molar-refractivity contribution in [1.29, 1.82) is 0 Å². The Labute approximate surface area is 168 Å². The van der Waals surface area contributed by atoms with E-state index in [2.05, 4.69) is 15.6 Å². The molecule has 0 fully saturated rings. The van der Waals surface area contributed by atoms with Crippen molar-refractivity contribution < 1.29 is 13.9 Å². The molecule has 0 saturated carbocycles. The van der Waals surface area contributed by atoms with Crippen LogP contribution in [0.2, 0.25) is 0 Å². The highest BCUT2D eigenvalue weighted by Crippen LogP contribution is 2.26. The molecule has 0 unspecified atom stereocenters. The lowest BCUT2D eigenvalue weighted by atomic mass is 10.0. The number of rotatable bonds is 6. The van der Waals surface area contributed by atoms with Gasteiger partial charge in [-0.3, -0.25) is 5.32 Å². The fourth-order valence-electron chi connectivity index (χ4n) is 2.76. The molecule has 3 rings (SSSR count). The highest BCUT2D eigenvalue weighted by molar-refractivity contribution is 5.89. The molecule has 3 aromatic rings. The van der Waals surface area contributed by atoms with Gasteiger partial charge in [0.1, 0.15) is 23.2 Å². The Hall–Kier alpha value is -3.61. The lowest BCUT2D eigenvalue weighted by Gasteiger charge is -2.14. The summed E-state index contributed by atoms with van der Waals surface area (Å²) in [6.07, 6.45) is -0.640. The summed E-state index contributed by atoms with van der Waals surface area (Å²) in [4.78, 5) is 16.5. The maximum absolute atomic E-state index is 13.0. The monoisotopic (exact) mass is 394 g/mol. The van der Waals surface area contributed by atoms with E-state index in [0.717, 1.165) is 11.1 Å². The predicted molar refractivity (Wildman–Crippen MR) is 113 cm³/mol. The number of nitrogens with one attached hydrogen (secondary N) is 2. The van der Waals surface area contributed by atoms with Gasteiger partial charge in [-0.05, 0) is 47.4 Å². The van der Waals surface area contributed by atoms with E-state index in [-0.39, 0.29) is 17.6 Å². The number of pyridine rings is 1. The summed E-state index contributed by atoms with van der Waals surface area (Å²) in [5.41, 5.74) is 8.15. The topological polar surface area (TPSA) is 89.3 Å². The zero-order valence-corrected chi connectivity index (χ0v) is 16.3. The van der Waals surface area contributed by atoms with Gasteiger partial charge in [0, 0.05) is 6.54 Å². The number of benzene rings is 2. The molecule has 0 atom stereocenters. The third-order valence-electron chi connectivity index (χ3n) is 4.29. The molecule has 0 radical (unpaired) electrons. The Kier molecular flexibility index (Phi) is 6.29. The summed E-state index contributed by atoms with van der Waals surface area (Å²) in [6.45, 7) is 4.52. The number of nitrogen functional groups attached to an aromatic ring is 1. The first-order valence-corrected chi connectivity index (χ1v) is 9.25. The number of ether oxygens (including phenoxy) is 1. The number of para-hydroxylation sites is 1. The Morgan fingerprint density at radius 2 is 1.83 bits per heavy atom. The van der Waals surface area contributed by atoms with Gasteiger partial charge in [0.05, 0.1) is 5.69 Å². The lowest BCUT2D eigenvalue weighted by molar-refractivity contribution is 0.214. The van der Waals surface area contributed by atoms with Crippen LogP contribution in [0.15, 0.2) is 60.7 Å². The molecular weight excluding hydrogens is 371 g/mol. The Morgan fingerprint density at radius 3 is 2.52 bits per heavy atom. The standard InChI is InChI=1S/C22H23FN4O2/c1-14(2)17-5-3-4-6-19(17)29-22(28)26-18-11-12-20(27-21(18)24)25-13-15-7-9-16(23)10-8-15/h3-12,14H,13H2,1-2H3,(H,26,28)(H3,24,25,27). The van der Waals surface area contributed by atoms with Crippen molar-refractivity contribution in [3.63, 3.8) is 0 Å². The molecular formula is C22H23FN4O2. The van der Waals surface area contributed by atoms with Crippen molar-refractivity contribution in [2.24, 2.45) is 0 Å². The van der Waals surface area contributed by atoms with Crippen LogP contribution >= 0.6 is 0 Å². The first-order valence-electron chi connectivity index (χ1n) is 9.25. The van der Waals surface area contributed by atoms with Gasteiger partial charge in [0.15, 0.2) is 0 Å². The van der Waals surface area contributed by atoms with E-state index in [9.17, 15) is 9.18 Å². The van der Waals surface area contributed by atoms with E-state index >= 15 is 0 Å². The number of hydrogen-bond acceptors (Lipinski definition) is 5. The SMILES string of the molecule is CC(C)c1ccccc1OC(=O)Nc1ccc(NCc2ccc(F)cc2)nc1N. The van der Waals surface area contributed by atoms with Crippen molar-refractivity contribution in [3.05, 3.63) is 77.6 Å². The molecule has 0 spiro atoms.